The van der Waals surface area contributed by atoms with Crippen molar-refractivity contribution in [3.8, 4) is 0 Å². The average molecular weight is 354 g/mol. The molecule has 0 radical (unpaired) electrons. The first kappa shape index (κ1) is 16.4. The summed E-state index contributed by atoms with van der Waals surface area (Å²) in [5.41, 5.74) is -0.839. The number of anilines is 1. The molecule has 2 amide bonds. The number of benzene rings is 2. The van der Waals surface area contributed by atoms with Crippen LogP contribution >= 0.6 is 0 Å². The van der Waals surface area contributed by atoms with Gasteiger partial charge >= 0.3 is 0 Å². The summed E-state index contributed by atoms with van der Waals surface area (Å²) in [7, 11) is 1.26. The summed E-state index contributed by atoms with van der Waals surface area (Å²) in [5, 5.41) is 13.4. The number of likely N-dealkylation sites (tertiary alicyclic amines) is 1. The molecule has 7 heteroatoms. The van der Waals surface area contributed by atoms with E-state index in [2.05, 4.69) is 5.32 Å². The Bertz CT molecular complexity index is 946. The summed E-state index contributed by atoms with van der Waals surface area (Å²) in [6.45, 7) is 0. The van der Waals surface area contributed by atoms with E-state index in [-0.39, 0.29) is 11.3 Å². The van der Waals surface area contributed by atoms with Crippen LogP contribution in [0.25, 0.3) is 0 Å². The lowest BCUT2D eigenvalue weighted by atomic mass is 9.73. The van der Waals surface area contributed by atoms with Gasteiger partial charge in [0, 0.05) is 18.3 Å². The summed E-state index contributed by atoms with van der Waals surface area (Å²) in [5.74, 6) is -3.82. The van der Waals surface area contributed by atoms with Crippen molar-refractivity contribution in [2.45, 2.75) is 11.6 Å². The number of amides is 2. The molecule has 2 aromatic rings. The molecule has 4 rings (SSSR count). The average Bonchev–Trinajstić information content (AvgIpc) is 3.03. The molecule has 132 valence electrons. The molecule has 0 bridgehead atoms. The topological polar surface area (TPSA) is 86.7 Å². The van der Waals surface area contributed by atoms with Crippen molar-refractivity contribution in [1.29, 1.82) is 0 Å². The zero-order valence-corrected chi connectivity index (χ0v) is 13.8. The largest absolute Gasteiger partial charge is 0.382 e. The van der Waals surface area contributed by atoms with E-state index in [1.807, 2.05) is 0 Å². The van der Waals surface area contributed by atoms with Crippen LogP contribution in [-0.2, 0) is 15.1 Å². The van der Waals surface area contributed by atoms with E-state index in [9.17, 15) is 23.9 Å². The highest BCUT2D eigenvalue weighted by atomic mass is 19.1. The van der Waals surface area contributed by atoms with Crippen LogP contribution in [0.5, 0.6) is 0 Å². The summed E-state index contributed by atoms with van der Waals surface area (Å²) in [6, 6.07) is 12.0. The number of nitrogens with one attached hydrogen (secondary N) is 1. The number of aliphatic hydroxyl groups is 1. The predicted octanol–water partition coefficient (Wildman–Crippen LogP) is 1.31. The molecular formula is C19H15FN2O4. The van der Waals surface area contributed by atoms with Crippen molar-refractivity contribution in [1.82, 2.24) is 4.90 Å². The van der Waals surface area contributed by atoms with Crippen molar-refractivity contribution < 1.29 is 23.9 Å². The Kier molecular flexibility index (Phi) is 3.45. The molecule has 1 saturated heterocycles. The van der Waals surface area contributed by atoms with Crippen LogP contribution in [0.1, 0.15) is 15.9 Å². The van der Waals surface area contributed by atoms with E-state index >= 15 is 0 Å². The van der Waals surface area contributed by atoms with E-state index in [1.165, 1.54) is 13.1 Å². The normalized spacial score (nSPS) is 27.7. The Morgan fingerprint density at radius 3 is 2.38 bits per heavy atom. The fourth-order valence-electron chi connectivity index (χ4n) is 3.82. The van der Waals surface area contributed by atoms with Gasteiger partial charge in [-0.25, -0.2) is 4.39 Å². The van der Waals surface area contributed by atoms with Crippen molar-refractivity contribution >= 4 is 23.3 Å². The lowest BCUT2D eigenvalue weighted by molar-refractivity contribution is -0.139. The number of carbonyl (C=O) groups excluding carboxylic acids is 3. The summed E-state index contributed by atoms with van der Waals surface area (Å²) in [6.07, 6.45) is -1.68. The highest BCUT2D eigenvalue weighted by Gasteiger charge is 2.62. The lowest BCUT2D eigenvalue weighted by Gasteiger charge is -2.34. The molecule has 0 spiro atoms. The van der Waals surface area contributed by atoms with Crippen LogP contribution in [-0.4, -0.2) is 40.8 Å². The second-order valence-corrected chi connectivity index (χ2v) is 6.48. The van der Waals surface area contributed by atoms with Crippen LogP contribution < -0.4 is 5.32 Å². The second kappa shape index (κ2) is 5.47. The molecule has 0 aliphatic carbocycles. The Balaban J connectivity index is 1.96. The highest BCUT2D eigenvalue weighted by molar-refractivity contribution is 6.19. The van der Waals surface area contributed by atoms with Crippen LogP contribution in [0.4, 0.5) is 10.1 Å². The van der Waals surface area contributed by atoms with Gasteiger partial charge in [0.15, 0.2) is 5.78 Å². The summed E-state index contributed by atoms with van der Waals surface area (Å²) >= 11 is 0. The van der Waals surface area contributed by atoms with Gasteiger partial charge in [0.1, 0.15) is 23.4 Å². The quantitative estimate of drug-likeness (QED) is 0.794. The number of fused-ring (bicyclic) bond motifs is 1. The first-order valence-electron chi connectivity index (χ1n) is 8.05. The van der Waals surface area contributed by atoms with Crippen molar-refractivity contribution in [3.05, 3.63) is 65.5 Å². The second-order valence-electron chi connectivity index (χ2n) is 6.48. The van der Waals surface area contributed by atoms with Crippen molar-refractivity contribution in [3.63, 3.8) is 0 Å². The van der Waals surface area contributed by atoms with Crippen LogP contribution in [0.15, 0.2) is 48.5 Å². The fraction of sp³-hybridized carbons (Fsp3) is 0.211. The Labute approximate surface area is 148 Å². The van der Waals surface area contributed by atoms with E-state index in [4.69, 9.17) is 0 Å². The van der Waals surface area contributed by atoms with Crippen molar-refractivity contribution in [2.75, 3.05) is 12.4 Å². The van der Waals surface area contributed by atoms with E-state index in [1.54, 1.807) is 30.3 Å². The molecule has 0 aromatic heterocycles. The van der Waals surface area contributed by atoms with Gasteiger partial charge < -0.3 is 10.4 Å². The molecule has 1 fully saturated rings. The van der Waals surface area contributed by atoms with Crippen LogP contribution in [0.3, 0.4) is 0 Å². The molecular weight excluding hydrogens is 339 g/mol. The minimum absolute atomic E-state index is 0.206. The zero-order chi connectivity index (χ0) is 18.6. The number of nitrogens with zero attached hydrogens (tertiary/aromatic N) is 1. The number of carbonyl (C=O) groups is 3. The highest BCUT2D eigenvalue weighted by Crippen LogP contribution is 2.47. The van der Waals surface area contributed by atoms with Gasteiger partial charge in [-0.05, 0) is 23.8 Å². The summed E-state index contributed by atoms with van der Waals surface area (Å²) < 4.78 is 13.7. The standard InChI is InChI=1S/C19H15FN2O4/c1-22-17(25)14(15(23)18(22)26)19(10-5-3-2-4-6-10)16(24)12-8-7-11(20)9-13(12)21-19/h2-9,14-15,21,23H,1H3. The Morgan fingerprint density at radius 2 is 1.77 bits per heavy atom. The number of hydrogen-bond donors (Lipinski definition) is 2. The molecule has 2 aromatic carbocycles. The van der Waals surface area contributed by atoms with Crippen molar-refractivity contribution in [2.24, 2.45) is 5.92 Å². The number of Topliss-reactive ketones (excluding diaryl/α,β-unsaturated/α-hetero) is 1. The van der Waals surface area contributed by atoms with Gasteiger partial charge in [0.2, 0.25) is 5.91 Å². The lowest BCUT2D eigenvalue weighted by Crippen LogP contribution is -2.52. The number of aliphatic hydroxyl groups excluding tert-OH is 1. The van der Waals surface area contributed by atoms with E-state index < -0.39 is 41.0 Å². The molecule has 0 saturated carbocycles. The maximum atomic E-state index is 13.7. The number of likely N-dealkylation sites (N-methyl/N-ethyl adjacent to an activating group) is 1. The number of imide groups is 1. The van der Waals surface area contributed by atoms with E-state index in [0.717, 1.165) is 17.0 Å². The SMILES string of the molecule is CN1C(=O)C(O)C(C2(c3ccccc3)Nc3cc(F)ccc3C2=O)C1=O. The van der Waals surface area contributed by atoms with Gasteiger partial charge in [-0.2, -0.15) is 0 Å². The number of halogens is 1. The molecule has 6 nitrogen and oxygen atoms in total. The minimum Gasteiger partial charge on any atom is -0.382 e. The zero-order valence-electron chi connectivity index (χ0n) is 13.8. The van der Waals surface area contributed by atoms with Gasteiger partial charge in [-0.1, -0.05) is 30.3 Å². The van der Waals surface area contributed by atoms with Gasteiger partial charge in [-0.15, -0.1) is 0 Å². The molecule has 2 N–H and O–H groups in total. The third kappa shape index (κ3) is 1.97. The van der Waals surface area contributed by atoms with Gasteiger partial charge in [0.25, 0.3) is 5.91 Å². The van der Waals surface area contributed by atoms with Crippen LogP contribution in [0, 0.1) is 11.7 Å². The first-order chi connectivity index (χ1) is 12.4. The number of hydrogen-bond acceptors (Lipinski definition) is 5. The molecule has 2 aliphatic rings. The number of ketones is 1. The van der Waals surface area contributed by atoms with Crippen LogP contribution in [0.2, 0.25) is 0 Å². The smallest absolute Gasteiger partial charge is 0.258 e. The molecule has 26 heavy (non-hydrogen) atoms. The predicted molar refractivity (Wildman–Crippen MR) is 89.7 cm³/mol. The van der Waals surface area contributed by atoms with Gasteiger partial charge in [0.05, 0.1) is 0 Å². The summed E-state index contributed by atoms with van der Waals surface area (Å²) in [4.78, 5) is 39.0. The first-order valence-corrected chi connectivity index (χ1v) is 8.05. The number of rotatable bonds is 2. The fourth-order valence-corrected chi connectivity index (χ4v) is 3.82. The molecule has 2 aliphatic heterocycles. The maximum Gasteiger partial charge on any atom is 0.258 e. The Morgan fingerprint density at radius 1 is 1.08 bits per heavy atom. The third-order valence-electron chi connectivity index (χ3n) is 5.11. The van der Waals surface area contributed by atoms with Gasteiger partial charge in [-0.3, -0.25) is 19.3 Å². The minimum atomic E-state index is -1.69. The molecule has 3 atom stereocenters. The molecule has 3 unspecified atom stereocenters. The third-order valence-corrected chi connectivity index (χ3v) is 5.11. The molecule has 2 heterocycles. The monoisotopic (exact) mass is 354 g/mol. The Hall–Kier alpha value is -3.06. The maximum absolute atomic E-state index is 13.7. The van der Waals surface area contributed by atoms with E-state index in [0.29, 0.717) is 5.56 Å².